The molecule has 0 spiro atoms. The second-order valence-electron chi connectivity index (χ2n) is 3.96. The second kappa shape index (κ2) is 7.16. The van der Waals surface area contributed by atoms with Crippen molar-refractivity contribution in [1.82, 2.24) is 0 Å². The van der Waals surface area contributed by atoms with Crippen LogP contribution in [0.5, 0.6) is 0 Å². The Morgan fingerprint density at radius 2 is 1.85 bits per heavy atom. The van der Waals surface area contributed by atoms with Gasteiger partial charge in [-0.25, -0.2) is 0 Å². The summed E-state index contributed by atoms with van der Waals surface area (Å²) in [6.45, 7) is 0.441. The van der Waals surface area contributed by atoms with Crippen molar-refractivity contribution >= 4 is 40.7 Å². The molecule has 2 rings (SSSR count). The molecule has 2 aromatic rings. The third-order valence-electron chi connectivity index (χ3n) is 2.59. The van der Waals surface area contributed by atoms with Gasteiger partial charge in [0.25, 0.3) is 5.76 Å². The molecule has 0 aromatic heterocycles. The predicted molar refractivity (Wildman–Crippen MR) is 82.1 cm³/mol. The highest BCUT2D eigenvalue weighted by atomic mass is 35.5. The summed E-state index contributed by atoms with van der Waals surface area (Å²) >= 11 is 12.4. The molecule has 20 heavy (non-hydrogen) atoms. The number of benzene rings is 2. The average molecular weight is 334 g/mol. The van der Waals surface area contributed by atoms with Crippen LogP contribution in [0.15, 0.2) is 47.4 Å². The van der Waals surface area contributed by atoms with Crippen LogP contribution >= 0.6 is 35.0 Å². The Labute approximate surface area is 130 Å². The molecule has 0 saturated carbocycles. The largest absolute Gasteiger partial charge is 0.380 e. The van der Waals surface area contributed by atoms with Crippen LogP contribution in [0.3, 0.4) is 0 Å². The first-order valence-corrected chi connectivity index (χ1v) is 7.41. The van der Waals surface area contributed by atoms with Crippen molar-refractivity contribution < 1.29 is 8.78 Å². The summed E-state index contributed by atoms with van der Waals surface area (Å²) in [5, 5.41) is 4.22. The number of hydrogen-bond acceptors (Lipinski definition) is 2. The van der Waals surface area contributed by atoms with E-state index in [1.54, 1.807) is 42.5 Å². The molecular weight excluding hydrogens is 323 g/mol. The zero-order chi connectivity index (χ0) is 14.5. The Morgan fingerprint density at radius 1 is 1.10 bits per heavy atom. The topological polar surface area (TPSA) is 12.0 Å². The second-order valence-corrected chi connectivity index (χ2v) is 5.84. The minimum Gasteiger partial charge on any atom is -0.380 e. The van der Waals surface area contributed by atoms with Gasteiger partial charge in [-0.1, -0.05) is 53.2 Å². The lowest BCUT2D eigenvalue weighted by Gasteiger charge is -2.12. The molecule has 0 radical (unpaired) electrons. The quantitative estimate of drug-likeness (QED) is 0.681. The molecule has 1 N–H and O–H groups in total. The molecule has 0 bridgehead atoms. The van der Waals surface area contributed by atoms with Gasteiger partial charge in [0.05, 0.1) is 0 Å². The summed E-state index contributed by atoms with van der Waals surface area (Å²) in [6.07, 6.45) is 0. The Morgan fingerprint density at radius 3 is 2.55 bits per heavy atom. The van der Waals surface area contributed by atoms with Crippen LogP contribution in [-0.2, 0) is 6.54 Å². The highest BCUT2D eigenvalue weighted by Crippen LogP contribution is 2.32. The first-order chi connectivity index (χ1) is 9.56. The molecule has 0 atom stereocenters. The van der Waals surface area contributed by atoms with E-state index in [9.17, 15) is 8.78 Å². The minimum absolute atomic E-state index is 0.441. The highest BCUT2D eigenvalue weighted by molar-refractivity contribution is 7.99. The number of rotatable bonds is 5. The first-order valence-electron chi connectivity index (χ1n) is 5.78. The van der Waals surface area contributed by atoms with Crippen LogP contribution < -0.4 is 5.32 Å². The Bertz CT molecular complexity index is 593. The fourth-order valence-electron chi connectivity index (χ4n) is 1.67. The van der Waals surface area contributed by atoms with E-state index in [1.807, 2.05) is 0 Å². The van der Waals surface area contributed by atoms with Crippen molar-refractivity contribution in [3.63, 3.8) is 0 Å². The zero-order valence-corrected chi connectivity index (χ0v) is 12.6. The van der Waals surface area contributed by atoms with Gasteiger partial charge in [-0.2, -0.15) is 8.78 Å². The number of thioether (sulfide) groups is 1. The normalized spacial score (nSPS) is 10.8. The summed E-state index contributed by atoms with van der Waals surface area (Å²) in [4.78, 5) is 0.507. The predicted octanol–water partition coefficient (Wildman–Crippen LogP) is 5.92. The van der Waals surface area contributed by atoms with Gasteiger partial charge >= 0.3 is 0 Å². The number of alkyl halides is 2. The summed E-state index contributed by atoms with van der Waals surface area (Å²) in [7, 11) is 0. The summed E-state index contributed by atoms with van der Waals surface area (Å²) < 4.78 is 24.9. The van der Waals surface area contributed by atoms with Crippen molar-refractivity contribution in [3.05, 3.63) is 58.1 Å². The van der Waals surface area contributed by atoms with E-state index in [0.717, 1.165) is 5.56 Å². The van der Waals surface area contributed by atoms with E-state index in [1.165, 1.54) is 0 Å². The molecule has 0 amide bonds. The number of nitrogens with one attached hydrogen (secondary N) is 1. The highest BCUT2D eigenvalue weighted by Gasteiger charge is 2.09. The minimum atomic E-state index is -2.45. The van der Waals surface area contributed by atoms with Gasteiger partial charge in [0.1, 0.15) is 0 Å². The fraction of sp³-hybridized carbons (Fsp3) is 0.143. The number of anilines is 1. The van der Waals surface area contributed by atoms with Crippen molar-refractivity contribution in [3.8, 4) is 0 Å². The van der Waals surface area contributed by atoms with Gasteiger partial charge in [-0.05, 0) is 29.8 Å². The summed E-state index contributed by atoms with van der Waals surface area (Å²) in [6, 6.07) is 12.1. The molecule has 0 heterocycles. The maximum Gasteiger partial charge on any atom is 0.288 e. The average Bonchev–Trinajstić information content (AvgIpc) is 2.39. The third kappa shape index (κ3) is 4.27. The first kappa shape index (κ1) is 15.4. The van der Waals surface area contributed by atoms with Gasteiger partial charge in [-0.3, -0.25) is 0 Å². The summed E-state index contributed by atoms with van der Waals surface area (Å²) in [5.41, 5.74) is 1.51. The molecule has 106 valence electrons. The Balaban J connectivity index is 2.10. The molecule has 1 nitrogen and oxygen atoms in total. The Kier molecular flexibility index (Phi) is 5.52. The van der Waals surface area contributed by atoms with Gasteiger partial charge in [0.15, 0.2) is 0 Å². The smallest absolute Gasteiger partial charge is 0.288 e. The molecule has 0 fully saturated rings. The van der Waals surface area contributed by atoms with Crippen molar-refractivity contribution in [2.24, 2.45) is 0 Å². The van der Waals surface area contributed by atoms with Crippen molar-refractivity contribution in [2.45, 2.75) is 17.2 Å². The zero-order valence-electron chi connectivity index (χ0n) is 10.2. The molecule has 0 unspecified atom stereocenters. The van der Waals surface area contributed by atoms with Crippen molar-refractivity contribution in [1.29, 1.82) is 0 Å². The van der Waals surface area contributed by atoms with E-state index in [-0.39, 0.29) is 0 Å². The monoisotopic (exact) mass is 333 g/mol. The fourth-order valence-corrected chi connectivity index (χ4v) is 2.76. The van der Waals surface area contributed by atoms with Gasteiger partial charge in [0.2, 0.25) is 0 Å². The SMILES string of the molecule is FC(F)Sc1ccccc1NCc1ccc(Cl)cc1Cl. The van der Waals surface area contributed by atoms with Gasteiger partial charge in [-0.15, -0.1) is 0 Å². The van der Waals surface area contributed by atoms with Gasteiger partial charge < -0.3 is 5.32 Å². The van der Waals surface area contributed by atoms with Crippen LogP contribution in [-0.4, -0.2) is 5.76 Å². The van der Waals surface area contributed by atoms with E-state index in [4.69, 9.17) is 23.2 Å². The van der Waals surface area contributed by atoms with Gasteiger partial charge in [0, 0.05) is 27.2 Å². The van der Waals surface area contributed by atoms with Crippen LogP contribution in [0.2, 0.25) is 10.0 Å². The van der Waals surface area contributed by atoms with E-state index < -0.39 is 5.76 Å². The standard InChI is InChI=1S/C14H11Cl2F2NS/c15-10-6-5-9(11(16)7-10)8-19-12-3-1-2-4-13(12)20-14(17)18/h1-7,14,19H,8H2. The maximum absolute atomic E-state index is 12.5. The van der Waals surface area contributed by atoms with Crippen molar-refractivity contribution in [2.75, 3.05) is 5.32 Å². The molecule has 0 aliphatic carbocycles. The molecule has 0 saturated heterocycles. The molecule has 6 heteroatoms. The number of halogens is 4. The van der Waals surface area contributed by atoms with Crippen LogP contribution in [0, 0.1) is 0 Å². The van der Waals surface area contributed by atoms with Crippen LogP contribution in [0.4, 0.5) is 14.5 Å². The van der Waals surface area contributed by atoms with E-state index in [2.05, 4.69) is 5.32 Å². The van der Waals surface area contributed by atoms with Crippen LogP contribution in [0.25, 0.3) is 0 Å². The van der Waals surface area contributed by atoms with E-state index in [0.29, 0.717) is 38.9 Å². The number of hydrogen-bond donors (Lipinski definition) is 1. The lowest BCUT2D eigenvalue weighted by molar-refractivity contribution is 0.252. The maximum atomic E-state index is 12.5. The molecular formula is C14H11Cl2F2NS. The summed E-state index contributed by atoms with van der Waals surface area (Å²) in [5.74, 6) is -2.45. The lowest BCUT2D eigenvalue weighted by atomic mass is 10.2. The number of para-hydroxylation sites is 1. The third-order valence-corrected chi connectivity index (χ3v) is 3.96. The molecule has 0 aliphatic rings. The molecule has 2 aromatic carbocycles. The van der Waals surface area contributed by atoms with E-state index >= 15 is 0 Å². The lowest BCUT2D eigenvalue weighted by Crippen LogP contribution is -2.01. The Hall–Kier alpha value is -0.970. The van der Waals surface area contributed by atoms with Crippen LogP contribution in [0.1, 0.15) is 5.56 Å². The molecule has 0 aliphatic heterocycles.